The summed E-state index contributed by atoms with van der Waals surface area (Å²) in [6, 6.07) is 16.5. The maximum Gasteiger partial charge on any atom is 0.247 e. The lowest BCUT2D eigenvalue weighted by molar-refractivity contribution is -0.144. The van der Waals surface area contributed by atoms with Gasteiger partial charge < -0.3 is 15.0 Å². The molecule has 0 unspecified atom stereocenters. The SMILES string of the molecule is O=C(NC[C@H]1CCCO1)[C@@H](c1ccccc1)N(C(=O)Cn1nnc2ccccc21)C1CCCC1. The van der Waals surface area contributed by atoms with Gasteiger partial charge in [-0.05, 0) is 43.4 Å². The molecule has 0 bridgehead atoms. The van der Waals surface area contributed by atoms with E-state index < -0.39 is 6.04 Å². The molecule has 0 spiro atoms. The first-order valence-electron chi connectivity index (χ1n) is 12.2. The van der Waals surface area contributed by atoms with Crippen molar-refractivity contribution in [3.63, 3.8) is 0 Å². The molecule has 1 aliphatic heterocycles. The zero-order chi connectivity index (χ0) is 23.3. The number of carbonyl (C=O) groups is 2. The molecule has 8 nitrogen and oxygen atoms in total. The Morgan fingerprint density at radius 1 is 1.03 bits per heavy atom. The first-order valence-corrected chi connectivity index (χ1v) is 12.2. The Hall–Kier alpha value is -3.26. The molecule has 2 atom stereocenters. The fourth-order valence-electron chi connectivity index (χ4n) is 5.17. The summed E-state index contributed by atoms with van der Waals surface area (Å²) in [6.07, 6.45) is 5.90. The largest absolute Gasteiger partial charge is 0.376 e. The summed E-state index contributed by atoms with van der Waals surface area (Å²) in [5.41, 5.74) is 2.37. The smallest absolute Gasteiger partial charge is 0.247 e. The topological polar surface area (TPSA) is 89.4 Å². The van der Waals surface area contributed by atoms with Crippen LogP contribution in [-0.2, 0) is 20.9 Å². The van der Waals surface area contributed by atoms with Crippen LogP contribution in [0.1, 0.15) is 50.1 Å². The number of benzene rings is 2. The average Bonchev–Trinajstić information content (AvgIpc) is 3.64. The van der Waals surface area contributed by atoms with Gasteiger partial charge in [0, 0.05) is 19.2 Å². The standard InChI is InChI=1S/C26H31N5O3/c32-24(18-30-23-15-7-6-14-22(23)28-29-30)31(20-11-4-5-12-20)25(19-9-2-1-3-10-19)26(33)27-17-21-13-8-16-34-21/h1-3,6-7,9-10,14-15,20-21,25H,4-5,8,11-13,16-18H2,(H,27,33)/t21-,25-/m1/s1. The molecular weight excluding hydrogens is 430 g/mol. The summed E-state index contributed by atoms with van der Waals surface area (Å²) in [5.74, 6) is -0.283. The maximum absolute atomic E-state index is 13.9. The second-order valence-corrected chi connectivity index (χ2v) is 9.17. The van der Waals surface area contributed by atoms with Gasteiger partial charge in [0.1, 0.15) is 18.1 Å². The Kier molecular flexibility index (Phi) is 6.85. The van der Waals surface area contributed by atoms with Crippen molar-refractivity contribution in [1.82, 2.24) is 25.2 Å². The van der Waals surface area contributed by atoms with E-state index in [9.17, 15) is 9.59 Å². The third-order valence-electron chi connectivity index (χ3n) is 6.88. The van der Waals surface area contributed by atoms with Crippen molar-refractivity contribution in [1.29, 1.82) is 0 Å². The van der Waals surface area contributed by atoms with Gasteiger partial charge in [-0.1, -0.05) is 60.5 Å². The van der Waals surface area contributed by atoms with Crippen LogP contribution in [0.25, 0.3) is 11.0 Å². The van der Waals surface area contributed by atoms with E-state index >= 15 is 0 Å². The number of nitrogens with zero attached hydrogens (tertiary/aromatic N) is 4. The first-order chi connectivity index (χ1) is 16.7. The van der Waals surface area contributed by atoms with Gasteiger partial charge in [0.25, 0.3) is 0 Å². The molecule has 1 saturated carbocycles. The van der Waals surface area contributed by atoms with Crippen molar-refractivity contribution >= 4 is 22.8 Å². The molecule has 1 aliphatic carbocycles. The van der Waals surface area contributed by atoms with Gasteiger partial charge in [-0.3, -0.25) is 9.59 Å². The van der Waals surface area contributed by atoms with E-state index in [0.717, 1.165) is 61.7 Å². The molecule has 1 aromatic heterocycles. The lowest BCUT2D eigenvalue weighted by atomic mass is 10.0. The number of ether oxygens (including phenoxy) is 1. The van der Waals surface area contributed by atoms with Gasteiger partial charge >= 0.3 is 0 Å². The molecule has 2 aromatic carbocycles. The molecule has 0 radical (unpaired) electrons. The number of para-hydroxylation sites is 1. The van der Waals surface area contributed by atoms with Crippen LogP contribution in [0.15, 0.2) is 54.6 Å². The highest BCUT2D eigenvalue weighted by atomic mass is 16.5. The normalized spacial score (nSPS) is 19.4. The molecule has 1 saturated heterocycles. The Morgan fingerprint density at radius 3 is 2.56 bits per heavy atom. The van der Waals surface area contributed by atoms with Crippen molar-refractivity contribution in [2.45, 2.75) is 63.3 Å². The lowest BCUT2D eigenvalue weighted by Crippen LogP contribution is -2.50. The highest BCUT2D eigenvalue weighted by molar-refractivity contribution is 5.89. The minimum atomic E-state index is -0.701. The van der Waals surface area contributed by atoms with Crippen LogP contribution >= 0.6 is 0 Å². The third-order valence-corrected chi connectivity index (χ3v) is 6.88. The molecule has 1 N–H and O–H groups in total. The Balaban J connectivity index is 1.44. The van der Waals surface area contributed by atoms with E-state index in [2.05, 4.69) is 15.6 Å². The Morgan fingerprint density at radius 2 is 1.79 bits per heavy atom. The molecule has 8 heteroatoms. The molecule has 2 amide bonds. The van der Waals surface area contributed by atoms with Crippen LogP contribution < -0.4 is 5.32 Å². The van der Waals surface area contributed by atoms with E-state index in [-0.39, 0.29) is 30.5 Å². The minimum Gasteiger partial charge on any atom is -0.376 e. The Labute approximate surface area is 199 Å². The fraction of sp³-hybridized carbons (Fsp3) is 0.462. The van der Waals surface area contributed by atoms with Crippen molar-refractivity contribution in [3.05, 3.63) is 60.2 Å². The molecular formula is C26H31N5O3. The number of nitrogens with one attached hydrogen (secondary N) is 1. The average molecular weight is 462 g/mol. The maximum atomic E-state index is 13.9. The highest BCUT2D eigenvalue weighted by Gasteiger charge is 2.38. The summed E-state index contributed by atoms with van der Waals surface area (Å²) in [5, 5.41) is 11.5. The van der Waals surface area contributed by atoms with E-state index in [0.29, 0.717) is 6.54 Å². The monoisotopic (exact) mass is 461 g/mol. The van der Waals surface area contributed by atoms with Gasteiger partial charge in [0.15, 0.2) is 0 Å². The van der Waals surface area contributed by atoms with Crippen LogP contribution in [0.2, 0.25) is 0 Å². The molecule has 2 heterocycles. The minimum absolute atomic E-state index is 0.0148. The summed E-state index contributed by atoms with van der Waals surface area (Å²) in [7, 11) is 0. The van der Waals surface area contributed by atoms with E-state index in [1.165, 1.54) is 0 Å². The zero-order valence-electron chi connectivity index (χ0n) is 19.3. The molecule has 34 heavy (non-hydrogen) atoms. The second-order valence-electron chi connectivity index (χ2n) is 9.17. The van der Waals surface area contributed by atoms with Gasteiger partial charge in [-0.2, -0.15) is 0 Å². The Bertz CT molecular complexity index is 1120. The number of aromatic nitrogens is 3. The van der Waals surface area contributed by atoms with Gasteiger partial charge in [-0.15, -0.1) is 5.10 Å². The highest BCUT2D eigenvalue weighted by Crippen LogP contribution is 2.32. The molecule has 3 aromatic rings. The molecule has 2 aliphatic rings. The van der Waals surface area contributed by atoms with Crippen molar-refractivity contribution in [2.24, 2.45) is 0 Å². The summed E-state index contributed by atoms with van der Waals surface area (Å²) < 4.78 is 7.32. The van der Waals surface area contributed by atoms with Crippen LogP contribution in [0.4, 0.5) is 0 Å². The molecule has 2 fully saturated rings. The van der Waals surface area contributed by atoms with E-state index in [1.807, 2.05) is 59.5 Å². The van der Waals surface area contributed by atoms with Crippen molar-refractivity contribution in [2.75, 3.05) is 13.2 Å². The summed E-state index contributed by atoms with van der Waals surface area (Å²) in [4.78, 5) is 29.3. The predicted octanol–water partition coefficient (Wildman–Crippen LogP) is 3.24. The lowest BCUT2D eigenvalue weighted by Gasteiger charge is -2.36. The van der Waals surface area contributed by atoms with Gasteiger partial charge in [0.2, 0.25) is 11.8 Å². The zero-order valence-corrected chi connectivity index (χ0v) is 19.3. The van der Waals surface area contributed by atoms with Crippen molar-refractivity contribution in [3.8, 4) is 0 Å². The number of hydrogen-bond acceptors (Lipinski definition) is 5. The predicted molar refractivity (Wildman–Crippen MR) is 128 cm³/mol. The van der Waals surface area contributed by atoms with Crippen molar-refractivity contribution < 1.29 is 14.3 Å². The number of rotatable bonds is 8. The van der Waals surface area contributed by atoms with Crippen LogP contribution in [0.5, 0.6) is 0 Å². The first kappa shape index (κ1) is 22.5. The fourth-order valence-corrected chi connectivity index (χ4v) is 5.17. The quantitative estimate of drug-likeness (QED) is 0.556. The number of amides is 2. The van der Waals surface area contributed by atoms with Crippen LogP contribution in [-0.4, -0.2) is 57.0 Å². The third kappa shape index (κ3) is 4.82. The number of fused-ring (bicyclic) bond motifs is 1. The summed E-state index contributed by atoms with van der Waals surface area (Å²) in [6.45, 7) is 1.24. The molecule has 178 valence electrons. The molecule has 5 rings (SSSR count). The number of hydrogen-bond donors (Lipinski definition) is 1. The number of carbonyl (C=O) groups excluding carboxylic acids is 2. The van der Waals surface area contributed by atoms with Crippen LogP contribution in [0, 0.1) is 0 Å². The van der Waals surface area contributed by atoms with E-state index in [1.54, 1.807) is 4.68 Å². The summed E-state index contributed by atoms with van der Waals surface area (Å²) >= 11 is 0. The van der Waals surface area contributed by atoms with Gasteiger partial charge in [0.05, 0.1) is 11.6 Å². The van der Waals surface area contributed by atoms with Gasteiger partial charge in [-0.25, -0.2) is 4.68 Å². The second kappa shape index (κ2) is 10.3. The van der Waals surface area contributed by atoms with Crippen LogP contribution in [0.3, 0.4) is 0 Å². The van der Waals surface area contributed by atoms with E-state index in [4.69, 9.17) is 4.74 Å².